The van der Waals surface area contributed by atoms with E-state index in [1.807, 2.05) is 0 Å². The number of aliphatic hydroxyl groups is 1. The molecule has 1 unspecified atom stereocenters. The van der Waals surface area contributed by atoms with Gasteiger partial charge in [0.2, 0.25) is 0 Å². The van der Waals surface area contributed by atoms with Crippen LogP contribution in [0.2, 0.25) is 5.02 Å². The van der Waals surface area contributed by atoms with Crippen molar-refractivity contribution in [3.63, 3.8) is 0 Å². The Balaban J connectivity index is 1.97. The van der Waals surface area contributed by atoms with E-state index in [2.05, 4.69) is 10.3 Å². The summed E-state index contributed by atoms with van der Waals surface area (Å²) in [5.41, 5.74) is 0.655. The molecule has 5 nitrogen and oxygen atoms in total. The number of thiazole rings is 1. The maximum atomic E-state index is 12.0. The van der Waals surface area contributed by atoms with Crippen molar-refractivity contribution in [3.05, 3.63) is 44.9 Å². The quantitative estimate of drug-likeness (QED) is 0.848. The number of carbonyl (C=O) groups excluding carboxylic acids is 1. The van der Waals surface area contributed by atoms with Gasteiger partial charge in [-0.25, -0.2) is 4.98 Å². The molecule has 2 N–H and O–H groups in total. The van der Waals surface area contributed by atoms with Gasteiger partial charge in [0.15, 0.2) is 0 Å². The van der Waals surface area contributed by atoms with E-state index in [4.69, 9.17) is 16.3 Å². The van der Waals surface area contributed by atoms with E-state index >= 15 is 0 Å². The van der Waals surface area contributed by atoms with Crippen molar-refractivity contribution in [1.82, 2.24) is 10.3 Å². The summed E-state index contributed by atoms with van der Waals surface area (Å²) in [5.74, 6) is 0.464. The molecule has 0 aliphatic rings. The van der Waals surface area contributed by atoms with Crippen LogP contribution in [-0.2, 0) is 6.61 Å². The summed E-state index contributed by atoms with van der Waals surface area (Å²) in [4.78, 5) is 16.9. The van der Waals surface area contributed by atoms with Gasteiger partial charge in [0.1, 0.15) is 22.2 Å². The van der Waals surface area contributed by atoms with Crippen LogP contribution in [0.5, 0.6) is 5.75 Å². The number of aromatic nitrogens is 1. The van der Waals surface area contributed by atoms with Gasteiger partial charge in [-0.1, -0.05) is 11.6 Å². The monoisotopic (exact) mass is 340 g/mol. The smallest absolute Gasteiger partial charge is 0.263 e. The zero-order chi connectivity index (χ0) is 16.1. The molecular formula is C15H17ClN2O3S. The third-order valence-corrected chi connectivity index (χ3v) is 4.16. The second-order valence-corrected chi connectivity index (χ2v) is 6.34. The first-order chi connectivity index (χ1) is 10.5. The number of ether oxygens (including phenoxy) is 1. The second kappa shape index (κ2) is 7.58. The van der Waals surface area contributed by atoms with Crippen molar-refractivity contribution in [2.24, 2.45) is 0 Å². The number of amides is 1. The lowest BCUT2D eigenvalue weighted by molar-refractivity contribution is 0.0927. The van der Waals surface area contributed by atoms with Gasteiger partial charge in [-0.05, 0) is 38.1 Å². The predicted molar refractivity (Wildman–Crippen MR) is 86.6 cm³/mol. The lowest BCUT2D eigenvalue weighted by atomic mass is 10.3. The summed E-state index contributed by atoms with van der Waals surface area (Å²) >= 11 is 7.10. The Labute approximate surface area is 137 Å². The van der Waals surface area contributed by atoms with Crippen molar-refractivity contribution in [1.29, 1.82) is 0 Å². The largest absolute Gasteiger partial charge is 0.486 e. The Morgan fingerprint density at radius 1 is 1.45 bits per heavy atom. The number of aryl methyl sites for hydroxylation is 1. The molecule has 2 rings (SSSR count). The molecular weight excluding hydrogens is 324 g/mol. The molecule has 1 aromatic carbocycles. The van der Waals surface area contributed by atoms with Crippen LogP contribution >= 0.6 is 22.9 Å². The van der Waals surface area contributed by atoms with E-state index in [0.717, 1.165) is 5.01 Å². The van der Waals surface area contributed by atoms with Crippen LogP contribution in [0.4, 0.5) is 0 Å². The molecule has 0 saturated heterocycles. The Kier molecular flexibility index (Phi) is 5.76. The molecule has 1 amide bonds. The molecule has 1 heterocycles. The minimum atomic E-state index is -0.579. The van der Waals surface area contributed by atoms with Crippen molar-refractivity contribution in [3.8, 4) is 5.75 Å². The third-order valence-electron chi connectivity index (χ3n) is 2.78. The fourth-order valence-electron chi connectivity index (χ4n) is 1.72. The van der Waals surface area contributed by atoms with Crippen LogP contribution in [-0.4, -0.2) is 28.6 Å². The van der Waals surface area contributed by atoms with E-state index in [9.17, 15) is 9.90 Å². The number of nitrogens with one attached hydrogen (secondary N) is 1. The van der Waals surface area contributed by atoms with Crippen molar-refractivity contribution < 1.29 is 14.6 Å². The predicted octanol–water partition coefficient (Wildman–Crippen LogP) is 2.79. The molecule has 1 atom stereocenters. The second-order valence-electron chi connectivity index (χ2n) is 4.82. The van der Waals surface area contributed by atoms with Gasteiger partial charge in [-0.15, -0.1) is 11.3 Å². The number of hydrogen-bond acceptors (Lipinski definition) is 5. The zero-order valence-electron chi connectivity index (χ0n) is 12.3. The number of aliphatic hydroxyl groups excluding tert-OH is 1. The molecule has 2 aromatic rings. The summed E-state index contributed by atoms with van der Waals surface area (Å²) < 4.78 is 5.61. The highest BCUT2D eigenvalue weighted by molar-refractivity contribution is 7.13. The van der Waals surface area contributed by atoms with Crippen LogP contribution in [0.15, 0.2) is 24.3 Å². The first-order valence-electron chi connectivity index (χ1n) is 6.76. The Morgan fingerprint density at radius 3 is 2.77 bits per heavy atom. The van der Waals surface area contributed by atoms with Crippen LogP contribution in [0.25, 0.3) is 0 Å². The molecule has 1 aromatic heterocycles. The van der Waals surface area contributed by atoms with E-state index in [1.54, 1.807) is 38.1 Å². The third kappa shape index (κ3) is 4.69. The van der Waals surface area contributed by atoms with Gasteiger partial charge in [-0.2, -0.15) is 0 Å². The fourth-order valence-corrected chi connectivity index (χ4v) is 2.74. The summed E-state index contributed by atoms with van der Waals surface area (Å²) in [6.45, 7) is 3.90. The first kappa shape index (κ1) is 16.7. The minimum Gasteiger partial charge on any atom is -0.486 e. The van der Waals surface area contributed by atoms with Gasteiger partial charge in [0.25, 0.3) is 5.91 Å². The molecule has 0 saturated carbocycles. The van der Waals surface area contributed by atoms with Gasteiger partial charge >= 0.3 is 0 Å². The van der Waals surface area contributed by atoms with Crippen LogP contribution in [0, 0.1) is 6.92 Å². The van der Waals surface area contributed by atoms with Crippen LogP contribution in [0.3, 0.4) is 0 Å². The molecule has 22 heavy (non-hydrogen) atoms. The van der Waals surface area contributed by atoms with Crippen LogP contribution < -0.4 is 10.1 Å². The number of rotatable bonds is 6. The molecule has 0 radical (unpaired) electrons. The topological polar surface area (TPSA) is 71.5 Å². The molecule has 0 spiro atoms. The van der Waals surface area contributed by atoms with Gasteiger partial charge < -0.3 is 15.2 Å². The highest BCUT2D eigenvalue weighted by Crippen LogP contribution is 2.21. The average molecular weight is 341 g/mol. The highest BCUT2D eigenvalue weighted by Gasteiger charge is 2.15. The Hall–Kier alpha value is -1.63. The maximum absolute atomic E-state index is 12.0. The van der Waals surface area contributed by atoms with Gasteiger partial charge in [0, 0.05) is 11.6 Å². The number of benzene rings is 1. The lowest BCUT2D eigenvalue weighted by Crippen LogP contribution is -2.30. The van der Waals surface area contributed by atoms with Gasteiger partial charge in [0.05, 0.1) is 11.8 Å². The molecule has 0 bridgehead atoms. The standard InChI is InChI=1S/C15H17ClN2O3S/c1-9(19)7-17-15(20)14-10(2)18-13(22-14)8-21-12-5-3-11(16)4-6-12/h3-6,9,19H,7-8H2,1-2H3,(H,17,20). The van der Waals surface area contributed by atoms with E-state index in [-0.39, 0.29) is 19.1 Å². The summed E-state index contributed by atoms with van der Waals surface area (Å²) in [5, 5.41) is 13.2. The minimum absolute atomic E-state index is 0.215. The van der Waals surface area contributed by atoms with Crippen molar-refractivity contribution in [2.75, 3.05) is 6.54 Å². The van der Waals surface area contributed by atoms with Crippen LogP contribution in [0.1, 0.15) is 27.3 Å². The average Bonchev–Trinajstić information content (AvgIpc) is 2.85. The number of nitrogens with zero attached hydrogens (tertiary/aromatic N) is 1. The molecule has 0 fully saturated rings. The lowest BCUT2D eigenvalue weighted by Gasteiger charge is -2.05. The summed E-state index contributed by atoms with van der Waals surface area (Å²) in [7, 11) is 0. The van der Waals surface area contributed by atoms with E-state index in [0.29, 0.717) is 21.3 Å². The summed E-state index contributed by atoms with van der Waals surface area (Å²) in [6.07, 6.45) is -0.579. The molecule has 0 aliphatic carbocycles. The van der Waals surface area contributed by atoms with Gasteiger partial charge in [-0.3, -0.25) is 4.79 Å². The number of hydrogen-bond donors (Lipinski definition) is 2. The zero-order valence-corrected chi connectivity index (χ0v) is 13.9. The Bertz CT molecular complexity index is 641. The maximum Gasteiger partial charge on any atom is 0.263 e. The van der Waals surface area contributed by atoms with Crippen molar-refractivity contribution in [2.45, 2.75) is 26.6 Å². The first-order valence-corrected chi connectivity index (χ1v) is 7.96. The Morgan fingerprint density at radius 2 is 2.14 bits per heavy atom. The molecule has 7 heteroatoms. The normalized spacial score (nSPS) is 12.0. The number of carbonyl (C=O) groups is 1. The SMILES string of the molecule is Cc1nc(COc2ccc(Cl)cc2)sc1C(=O)NCC(C)O. The highest BCUT2D eigenvalue weighted by atomic mass is 35.5. The van der Waals surface area contributed by atoms with Crippen molar-refractivity contribution >= 4 is 28.8 Å². The molecule has 0 aliphatic heterocycles. The van der Waals surface area contributed by atoms with E-state index in [1.165, 1.54) is 11.3 Å². The fraction of sp³-hybridized carbons (Fsp3) is 0.333. The summed E-state index contributed by atoms with van der Waals surface area (Å²) in [6, 6.07) is 7.05. The number of halogens is 1. The molecule has 118 valence electrons. The van der Waals surface area contributed by atoms with E-state index < -0.39 is 6.10 Å².